The van der Waals surface area contributed by atoms with Crippen molar-refractivity contribution in [1.82, 2.24) is 9.88 Å². The summed E-state index contributed by atoms with van der Waals surface area (Å²) in [7, 11) is 0. The number of piperidine rings is 1. The molecule has 0 radical (unpaired) electrons. The Morgan fingerprint density at radius 1 is 1.35 bits per heavy atom. The molecule has 138 valence electrons. The van der Waals surface area contributed by atoms with E-state index in [1.165, 1.54) is 0 Å². The second kappa shape index (κ2) is 8.32. The van der Waals surface area contributed by atoms with E-state index in [2.05, 4.69) is 4.98 Å². The molecule has 1 saturated heterocycles. The number of hydrogen-bond acceptors (Lipinski definition) is 4. The molecule has 2 aromatic rings. The standard InChI is InChI=1S/C21H27N3O2/c1-15-9-10-19(13-23-15)26-14-17-6-5-7-18(12-17)21(25)24-11-4-3-8-20(24)16(2)22/h5-7,9-10,12-13,16,20H,3-4,8,11,14,22H2,1-2H3. The first-order chi connectivity index (χ1) is 12.5. The lowest BCUT2D eigenvalue weighted by atomic mass is 9.96. The van der Waals surface area contributed by atoms with E-state index in [-0.39, 0.29) is 18.0 Å². The maximum Gasteiger partial charge on any atom is 0.254 e. The number of aryl methyl sites for hydroxylation is 1. The molecular weight excluding hydrogens is 326 g/mol. The molecule has 1 aliphatic rings. The summed E-state index contributed by atoms with van der Waals surface area (Å²) in [5.74, 6) is 0.784. The zero-order chi connectivity index (χ0) is 18.5. The molecule has 1 amide bonds. The molecule has 5 nitrogen and oxygen atoms in total. The number of aromatic nitrogens is 1. The summed E-state index contributed by atoms with van der Waals surface area (Å²) in [4.78, 5) is 19.2. The van der Waals surface area contributed by atoms with Gasteiger partial charge in [0.15, 0.2) is 0 Å². The lowest BCUT2D eigenvalue weighted by molar-refractivity contribution is 0.0583. The van der Waals surface area contributed by atoms with Crippen LogP contribution >= 0.6 is 0 Å². The highest BCUT2D eigenvalue weighted by Crippen LogP contribution is 2.22. The summed E-state index contributed by atoms with van der Waals surface area (Å²) in [5, 5.41) is 0. The number of pyridine rings is 1. The minimum absolute atomic E-state index is 0.0141. The van der Waals surface area contributed by atoms with Crippen molar-refractivity contribution in [1.29, 1.82) is 0 Å². The Hall–Kier alpha value is -2.40. The van der Waals surface area contributed by atoms with Gasteiger partial charge in [-0.15, -0.1) is 0 Å². The average Bonchev–Trinajstić information content (AvgIpc) is 2.67. The highest BCUT2D eigenvalue weighted by Gasteiger charge is 2.29. The maximum atomic E-state index is 13.0. The fourth-order valence-electron chi connectivity index (χ4n) is 3.42. The van der Waals surface area contributed by atoms with Gasteiger partial charge in [0.2, 0.25) is 0 Å². The minimum atomic E-state index is -0.0141. The molecule has 1 aliphatic heterocycles. The lowest BCUT2D eigenvalue weighted by Gasteiger charge is -2.38. The van der Waals surface area contributed by atoms with E-state index in [1.54, 1.807) is 6.20 Å². The third-order valence-electron chi connectivity index (χ3n) is 4.88. The van der Waals surface area contributed by atoms with Crippen LogP contribution in [0.3, 0.4) is 0 Å². The number of carbonyl (C=O) groups excluding carboxylic acids is 1. The number of likely N-dealkylation sites (tertiary alicyclic amines) is 1. The van der Waals surface area contributed by atoms with Crippen molar-refractivity contribution in [3.05, 3.63) is 59.4 Å². The van der Waals surface area contributed by atoms with Crippen molar-refractivity contribution >= 4 is 5.91 Å². The normalized spacial score (nSPS) is 18.4. The van der Waals surface area contributed by atoms with Crippen LogP contribution in [0.15, 0.2) is 42.6 Å². The van der Waals surface area contributed by atoms with Crippen molar-refractivity contribution < 1.29 is 9.53 Å². The fraction of sp³-hybridized carbons (Fsp3) is 0.429. The van der Waals surface area contributed by atoms with Crippen LogP contribution in [-0.4, -0.2) is 34.4 Å². The Labute approximate surface area is 155 Å². The predicted molar refractivity (Wildman–Crippen MR) is 102 cm³/mol. The highest BCUT2D eigenvalue weighted by atomic mass is 16.5. The number of rotatable bonds is 5. The molecule has 0 saturated carbocycles. The maximum absolute atomic E-state index is 13.0. The van der Waals surface area contributed by atoms with Crippen LogP contribution in [-0.2, 0) is 6.61 Å². The van der Waals surface area contributed by atoms with Crippen LogP contribution in [0.2, 0.25) is 0 Å². The summed E-state index contributed by atoms with van der Waals surface area (Å²) in [6.45, 7) is 5.11. The van der Waals surface area contributed by atoms with Gasteiger partial charge >= 0.3 is 0 Å². The van der Waals surface area contributed by atoms with Crippen molar-refractivity contribution in [2.24, 2.45) is 5.73 Å². The molecule has 5 heteroatoms. The van der Waals surface area contributed by atoms with Crippen molar-refractivity contribution in [3.63, 3.8) is 0 Å². The largest absolute Gasteiger partial charge is 0.487 e. The fourth-order valence-corrected chi connectivity index (χ4v) is 3.42. The molecule has 2 N–H and O–H groups in total. The molecule has 3 rings (SSSR count). The first-order valence-corrected chi connectivity index (χ1v) is 9.25. The van der Waals surface area contributed by atoms with E-state index in [0.717, 1.165) is 42.8 Å². The van der Waals surface area contributed by atoms with Gasteiger partial charge in [-0.2, -0.15) is 0 Å². The smallest absolute Gasteiger partial charge is 0.254 e. The van der Waals surface area contributed by atoms with E-state index in [1.807, 2.05) is 55.1 Å². The van der Waals surface area contributed by atoms with Crippen LogP contribution in [0, 0.1) is 6.92 Å². The summed E-state index contributed by atoms with van der Waals surface area (Å²) in [6.07, 6.45) is 4.87. The molecule has 0 aliphatic carbocycles. The highest BCUT2D eigenvalue weighted by molar-refractivity contribution is 5.94. The summed E-state index contributed by atoms with van der Waals surface area (Å²) in [5.41, 5.74) is 8.72. The van der Waals surface area contributed by atoms with Gasteiger partial charge in [0.25, 0.3) is 5.91 Å². The Balaban J connectivity index is 1.69. The van der Waals surface area contributed by atoms with Crippen molar-refractivity contribution in [3.8, 4) is 5.75 Å². The Kier molecular flexibility index (Phi) is 5.89. The number of ether oxygens (including phenoxy) is 1. The molecule has 1 aromatic carbocycles. The number of nitrogens with two attached hydrogens (primary N) is 1. The first-order valence-electron chi connectivity index (χ1n) is 9.25. The molecule has 2 unspecified atom stereocenters. The zero-order valence-electron chi connectivity index (χ0n) is 15.5. The van der Waals surface area contributed by atoms with Crippen LogP contribution in [0.1, 0.15) is 47.8 Å². The van der Waals surface area contributed by atoms with Gasteiger partial charge in [-0.05, 0) is 62.9 Å². The van der Waals surface area contributed by atoms with Gasteiger partial charge < -0.3 is 15.4 Å². The summed E-state index contributed by atoms with van der Waals surface area (Å²) >= 11 is 0. The average molecular weight is 353 g/mol. The van der Waals surface area contributed by atoms with E-state index < -0.39 is 0 Å². The van der Waals surface area contributed by atoms with Gasteiger partial charge in [0.1, 0.15) is 12.4 Å². The first kappa shape index (κ1) is 18.4. The molecular formula is C21H27N3O2. The molecule has 0 bridgehead atoms. The number of hydrogen-bond donors (Lipinski definition) is 1. The predicted octanol–water partition coefficient (Wildman–Crippen LogP) is 3.31. The van der Waals surface area contributed by atoms with Gasteiger partial charge in [-0.3, -0.25) is 9.78 Å². The van der Waals surface area contributed by atoms with Crippen molar-refractivity contribution in [2.45, 2.75) is 51.8 Å². The number of carbonyl (C=O) groups is 1. The molecule has 2 atom stereocenters. The number of nitrogens with zero attached hydrogens (tertiary/aromatic N) is 2. The van der Waals surface area contributed by atoms with Crippen molar-refractivity contribution in [2.75, 3.05) is 6.54 Å². The van der Waals surface area contributed by atoms with Gasteiger partial charge in [0, 0.05) is 29.9 Å². The van der Waals surface area contributed by atoms with E-state index in [0.29, 0.717) is 12.2 Å². The van der Waals surface area contributed by atoms with Crippen LogP contribution in [0.5, 0.6) is 5.75 Å². The van der Waals surface area contributed by atoms with Gasteiger partial charge in [-0.25, -0.2) is 0 Å². The van der Waals surface area contributed by atoms with Crippen LogP contribution in [0.25, 0.3) is 0 Å². The van der Waals surface area contributed by atoms with Gasteiger partial charge in [-0.1, -0.05) is 12.1 Å². The third kappa shape index (κ3) is 4.41. The van der Waals surface area contributed by atoms with E-state index >= 15 is 0 Å². The Morgan fingerprint density at radius 2 is 2.19 bits per heavy atom. The number of benzene rings is 1. The molecule has 1 fully saturated rings. The Bertz CT molecular complexity index is 743. The summed E-state index contributed by atoms with van der Waals surface area (Å²) < 4.78 is 5.78. The number of amides is 1. The molecule has 2 heterocycles. The zero-order valence-corrected chi connectivity index (χ0v) is 15.5. The second-order valence-electron chi connectivity index (χ2n) is 7.05. The topological polar surface area (TPSA) is 68.5 Å². The molecule has 0 spiro atoms. The third-order valence-corrected chi connectivity index (χ3v) is 4.88. The lowest BCUT2D eigenvalue weighted by Crippen LogP contribution is -2.51. The summed E-state index contributed by atoms with van der Waals surface area (Å²) in [6, 6.07) is 11.6. The molecule has 1 aromatic heterocycles. The Morgan fingerprint density at radius 3 is 2.92 bits per heavy atom. The van der Waals surface area contributed by atoms with Crippen LogP contribution < -0.4 is 10.5 Å². The van der Waals surface area contributed by atoms with E-state index in [4.69, 9.17) is 10.5 Å². The molecule has 26 heavy (non-hydrogen) atoms. The monoisotopic (exact) mass is 353 g/mol. The quantitative estimate of drug-likeness (QED) is 0.895. The van der Waals surface area contributed by atoms with Crippen LogP contribution in [0.4, 0.5) is 0 Å². The second-order valence-corrected chi connectivity index (χ2v) is 7.05. The minimum Gasteiger partial charge on any atom is -0.487 e. The van der Waals surface area contributed by atoms with E-state index in [9.17, 15) is 4.79 Å². The van der Waals surface area contributed by atoms with Gasteiger partial charge in [0.05, 0.1) is 6.20 Å². The SMILES string of the molecule is Cc1ccc(OCc2cccc(C(=O)N3CCCCC3C(C)N)c2)cn1.